The van der Waals surface area contributed by atoms with E-state index < -0.39 is 0 Å². The third kappa shape index (κ3) is 2.73. The second-order valence-electron chi connectivity index (χ2n) is 3.45. The molecule has 94 valence electrons. The molecule has 0 amide bonds. The van der Waals surface area contributed by atoms with E-state index >= 15 is 0 Å². The van der Waals surface area contributed by atoms with E-state index in [0.717, 1.165) is 5.75 Å². The van der Waals surface area contributed by atoms with Crippen LogP contribution in [0.3, 0.4) is 0 Å². The van der Waals surface area contributed by atoms with Crippen LogP contribution >= 0.6 is 0 Å². The van der Waals surface area contributed by atoms with Gasteiger partial charge >= 0.3 is 0 Å². The van der Waals surface area contributed by atoms with Crippen LogP contribution in [-0.2, 0) is 4.89 Å². The third-order valence-electron chi connectivity index (χ3n) is 2.29. The predicted octanol–water partition coefficient (Wildman–Crippen LogP) is 3.43. The van der Waals surface area contributed by atoms with E-state index in [2.05, 4.69) is 4.89 Å². The van der Waals surface area contributed by atoms with Gasteiger partial charge in [-0.3, -0.25) is 0 Å². The Bertz CT molecular complexity index is 496. The zero-order valence-electron chi connectivity index (χ0n) is 10.3. The topological polar surface area (TPSA) is 36.9 Å². The maximum absolute atomic E-state index is 5.73. The van der Waals surface area contributed by atoms with Crippen molar-refractivity contribution >= 4 is 0 Å². The minimum atomic E-state index is 0.466. The highest BCUT2D eigenvalue weighted by atomic mass is 17.2. The SMILES string of the molecule is COOc1cccc(Oc2ccccc2)c1OC. The molecule has 4 nitrogen and oxygen atoms in total. The van der Waals surface area contributed by atoms with Gasteiger partial charge in [-0.25, -0.2) is 0 Å². The Balaban J connectivity index is 2.30. The molecule has 0 N–H and O–H groups in total. The monoisotopic (exact) mass is 246 g/mol. The summed E-state index contributed by atoms with van der Waals surface area (Å²) in [7, 11) is 2.99. The molecule has 0 aromatic heterocycles. The smallest absolute Gasteiger partial charge is 0.211 e. The van der Waals surface area contributed by atoms with Crippen LogP contribution in [0.5, 0.6) is 23.0 Å². The summed E-state index contributed by atoms with van der Waals surface area (Å²) in [5.41, 5.74) is 0. The summed E-state index contributed by atoms with van der Waals surface area (Å²) in [6, 6.07) is 14.8. The van der Waals surface area contributed by atoms with Gasteiger partial charge in [0.25, 0.3) is 0 Å². The lowest BCUT2D eigenvalue weighted by molar-refractivity contribution is -0.179. The molecule has 0 unspecified atom stereocenters. The molecule has 0 aliphatic rings. The molecular formula is C14H14O4. The van der Waals surface area contributed by atoms with Crippen molar-refractivity contribution < 1.29 is 19.2 Å². The van der Waals surface area contributed by atoms with Crippen molar-refractivity contribution in [2.45, 2.75) is 0 Å². The van der Waals surface area contributed by atoms with Crippen LogP contribution < -0.4 is 14.4 Å². The van der Waals surface area contributed by atoms with Crippen LogP contribution in [0.2, 0.25) is 0 Å². The van der Waals surface area contributed by atoms with E-state index in [0.29, 0.717) is 17.2 Å². The van der Waals surface area contributed by atoms with Crippen LogP contribution in [-0.4, -0.2) is 14.2 Å². The van der Waals surface area contributed by atoms with Crippen molar-refractivity contribution in [2.24, 2.45) is 0 Å². The Labute approximate surface area is 106 Å². The van der Waals surface area contributed by atoms with E-state index in [1.54, 1.807) is 25.3 Å². The quantitative estimate of drug-likeness (QED) is 0.598. The average molecular weight is 246 g/mol. The van der Waals surface area contributed by atoms with Gasteiger partial charge in [-0.1, -0.05) is 24.3 Å². The summed E-state index contributed by atoms with van der Waals surface area (Å²) in [4.78, 5) is 9.64. The molecule has 0 heterocycles. The summed E-state index contributed by atoms with van der Waals surface area (Å²) in [5.74, 6) is 2.25. The van der Waals surface area contributed by atoms with Crippen LogP contribution in [0, 0.1) is 0 Å². The molecule has 0 atom stereocenters. The van der Waals surface area contributed by atoms with Crippen molar-refractivity contribution in [2.75, 3.05) is 14.2 Å². The summed E-state index contributed by atoms with van der Waals surface area (Å²) in [5, 5.41) is 0. The van der Waals surface area contributed by atoms with E-state index in [1.165, 1.54) is 7.11 Å². The molecule has 0 saturated carbocycles. The number of hydrogen-bond acceptors (Lipinski definition) is 4. The fourth-order valence-corrected chi connectivity index (χ4v) is 1.55. The Morgan fingerprint density at radius 1 is 0.778 bits per heavy atom. The Morgan fingerprint density at radius 2 is 1.50 bits per heavy atom. The van der Waals surface area contributed by atoms with Gasteiger partial charge in [-0.2, -0.15) is 4.89 Å². The maximum atomic E-state index is 5.73. The highest BCUT2D eigenvalue weighted by Crippen LogP contribution is 2.39. The molecule has 0 aliphatic carbocycles. The first kappa shape index (κ1) is 12.3. The summed E-state index contributed by atoms with van der Waals surface area (Å²) >= 11 is 0. The number of ether oxygens (including phenoxy) is 2. The Hall–Kier alpha value is -2.20. The van der Waals surface area contributed by atoms with Crippen molar-refractivity contribution in [1.29, 1.82) is 0 Å². The standard InChI is InChI=1S/C14H14O4/c1-15-14-12(9-6-10-13(14)18-16-2)17-11-7-4-3-5-8-11/h3-10H,1-2H3. The molecule has 0 spiro atoms. The fraction of sp³-hybridized carbons (Fsp3) is 0.143. The molecular weight excluding hydrogens is 232 g/mol. The van der Waals surface area contributed by atoms with Crippen LogP contribution in [0.15, 0.2) is 48.5 Å². The van der Waals surface area contributed by atoms with Crippen molar-refractivity contribution in [3.05, 3.63) is 48.5 Å². The molecule has 2 aromatic carbocycles. The predicted molar refractivity (Wildman–Crippen MR) is 67.1 cm³/mol. The second-order valence-corrected chi connectivity index (χ2v) is 3.45. The van der Waals surface area contributed by atoms with Crippen molar-refractivity contribution in [3.8, 4) is 23.0 Å². The highest BCUT2D eigenvalue weighted by Gasteiger charge is 2.12. The molecule has 0 aliphatic heterocycles. The number of para-hydroxylation sites is 2. The van der Waals surface area contributed by atoms with Gasteiger partial charge in [0.05, 0.1) is 14.2 Å². The lowest BCUT2D eigenvalue weighted by Crippen LogP contribution is -1.96. The molecule has 2 aromatic rings. The molecule has 0 saturated heterocycles. The number of benzene rings is 2. The van der Waals surface area contributed by atoms with Crippen LogP contribution in [0.4, 0.5) is 0 Å². The molecule has 18 heavy (non-hydrogen) atoms. The summed E-state index contributed by atoms with van der Waals surface area (Å²) in [6.45, 7) is 0. The zero-order chi connectivity index (χ0) is 12.8. The first-order valence-electron chi connectivity index (χ1n) is 5.45. The Kier molecular flexibility index (Phi) is 4.04. The number of hydrogen-bond donors (Lipinski definition) is 0. The van der Waals surface area contributed by atoms with Gasteiger partial charge in [0, 0.05) is 0 Å². The van der Waals surface area contributed by atoms with Gasteiger partial charge in [0.15, 0.2) is 5.75 Å². The molecule has 2 rings (SSSR count). The van der Waals surface area contributed by atoms with Gasteiger partial charge < -0.3 is 14.4 Å². The number of rotatable bonds is 5. The van der Waals surface area contributed by atoms with Gasteiger partial charge in [-0.15, -0.1) is 0 Å². The van der Waals surface area contributed by atoms with E-state index in [9.17, 15) is 0 Å². The second kappa shape index (κ2) is 5.93. The largest absolute Gasteiger partial charge is 0.490 e. The highest BCUT2D eigenvalue weighted by molar-refractivity contribution is 5.52. The first-order valence-corrected chi connectivity index (χ1v) is 5.45. The minimum Gasteiger partial charge on any atom is -0.490 e. The van der Waals surface area contributed by atoms with E-state index in [4.69, 9.17) is 14.4 Å². The lowest BCUT2D eigenvalue weighted by atomic mass is 10.3. The van der Waals surface area contributed by atoms with Gasteiger partial charge in [-0.05, 0) is 24.3 Å². The average Bonchev–Trinajstić information content (AvgIpc) is 2.41. The van der Waals surface area contributed by atoms with Crippen LogP contribution in [0.25, 0.3) is 0 Å². The van der Waals surface area contributed by atoms with Gasteiger partial charge in [0.2, 0.25) is 11.5 Å². The molecule has 0 fully saturated rings. The molecule has 4 heteroatoms. The fourth-order valence-electron chi connectivity index (χ4n) is 1.55. The molecule has 0 radical (unpaired) electrons. The van der Waals surface area contributed by atoms with Crippen molar-refractivity contribution in [1.82, 2.24) is 0 Å². The third-order valence-corrected chi connectivity index (χ3v) is 2.29. The van der Waals surface area contributed by atoms with Crippen LogP contribution in [0.1, 0.15) is 0 Å². The minimum absolute atomic E-state index is 0.466. The Morgan fingerprint density at radius 3 is 2.17 bits per heavy atom. The van der Waals surface area contributed by atoms with E-state index in [-0.39, 0.29) is 0 Å². The summed E-state index contributed by atoms with van der Waals surface area (Å²) < 4.78 is 11.0. The molecule has 0 bridgehead atoms. The lowest BCUT2D eigenvalue weighted by Gasteiger charge is -2.12. The number of methoxy groups -OCH3 is 1. The maximum Gasteiger partial charge on any atom is 0.211 e. The van der Waals surface area contributed by atoms with Gasteiger partial charge in [0.1, 0.15) is 5.75 Å². The zero-order valence-corrected chi connectivity index (χ0v) is 10.3. The normalized spacial score (nSPS) is 9.89. The van der Waals surface area contributed by atoms with E-state index in [1.807, 2.05) is 30.3 Å². The van der Waals surface area contributed by atoms with Crippen molar-refractivity contribution in [3.63, 3.8) is 0 Å². The first-order chi connectivity index (χ1) is 8.85. The summed E-state index contributed by atoms with van der Waals surface area (Å²) in [6.07, 6.45) is 0.